The molecule has 0 atom stereocenters. The Labute approximate surface area is 98.9 Å². The number of carboxylic acids is 1. The molecule has 0 aromatic heterocycles. The van der Waals surface area contributed by atoms with Gasteiger partial charge in [-0.2, -0.15) is 5.06 Å². The van der Waals surface area contributed by atoms with Crippen molar-refractivity contribution in [1.82, 2.24) is 0 Å². The van der Waals surface area contributed by atoms with Gasteiger partial charge in [-0.05, 0) is 19.1 Å². The predicted molar refractivity (Wildman–Crippen MR) is 62.3 cm³/mol. The molecule has 0 amide bonds. The van der Waals surface area contributed by atoms with E-state index in [1.54, 1.807) is 30.3 Å². The summed E-state index contributed by atoms with van der Waals surface area (Å²) in [5, 5.41) is 9.75. The number of anilines is 1. The molecule has 0 spiro atoms. The maximum Gasteiger partial charge on any atom is 0.358 e. The van der Waals surface area contributed by atoms with Crippen molar-refractivity contribution in [2.75, 3.05) is 11.6 Å². The number of hydroxylamine groups is 1. The minimum Gasteiger partial charge on any atom is -0.480 e. The maximum atomic E-state index is 11.4. The van der Waals surface area contributed by atoms with Crippen LogP contribution in [-0.4, -0.2) is 23.6 Å². The first-order valence-corrected chi connectivity index (χ1v) is 4.93. The van der Waals surface area contributed by atoms with Crippen LogP contribution in [0.1, 0.15) is 6.92 Å². The number of aliphatic carboxylic acids is 1. The fourth-order valence-corrected chi connectivity index (χ4v) is 1.07. The summed E-state index contributed by atoms with van der Waals surface area (Å²) in [5.41, 5.74) is 0.695. The van der Waals surface area contributed by atoms with E-state index in [0.29, 0.717) is 5.69 Å². The molecular weight excluding hydrogens is 222 g/mol. The number of hydrogen-bond acceptors (Lipinski definition) is 4. The Kier molecular flexibility index (Phi) is 4.28. The third kappa shape index (κ3) is 3.98. The zero-order valence-electron chi connectivity index (χ0n) is 9.42. The molecule has 90 valence electrons. The molecule has 0 aliphatic rings. The van der Waals surface area contributed by atoms with Crippen LogP contribution < -0.4 is 5.06 Å². The highest BCUT2D eigenvalue weighted by Gasteiger charge is 2.16. The predicted octanol–water partition coefficient (Wildman–Crippen LogP) is 1.61. The standard InChI is InChI=1S/C12H13NO4/c1-9(2)12(16)17-13(8-11(14)15)10-6-4-3-5-7-10/h3-7H,1,8H2,2H3,(H,14,15). The van der Waals surface area contributed by atoms with Crippen molar-refractivity contribution >= 4 is 17.6 Å². The van der Waals surface area contributed by atoms with Crippen LogP contribution in [0.5, 0.6) is 0 Å². The number of carbonyl (C=O) groups excluding carboxylic acids is 1. The fraction of sp³-hybridized carbons (Fsp3) is 0.167. The molecule has 17 heavy (non-hydrogen) atoms. The van der Waals surface area contributed by atoms with Gasteiger partial charge in [0.25, 0.3) is 0 Å². The van der Waals surface area contributed by atoms with Crippen molar-refractivity contribution in [3.05, 3.63) is 42.5 Å². The van der Waals surface area contributed by atoms with E-state index < -0.39 is 18.5 Å². The van der Waals surface area contributed by atoms with E-state index >= 15 is 0 Å². The summed E-state index contributed by atoms with van der Waals surface area (Å²) >= 11 is 0. The molecule has 1 aromatic carbocycles. The zero-order chi connectivity index (χ0) is 12.8. The van der Waals surface area contributed by atoms with E-state index in [-0.39, 0.29) is 5.57 Å². The Morgan fingerprint density at radius 1 is 1.35 bits per heavy atom. The summed E-state index contributed by atoms with van der Waals surface area (Å²) in [6.07, 6.45) is 0. The topological polar surface area (TPSA) is 66.8 Å². The number of rotatable bonds is 5. The Balaban J connectivity index is 2.85. The monoisotopic (exact) mass is 235 g/mol. The quantitative estimate of drug-likeness (QED) is 0.620. The summed E-state index contributed by atoms with van der Waals surface area (Å²) in [7, 11) is 0. The Morgan fingerprint density at radius 3 is 2.41 bits per heavy atom. The van der Waals surface area contributed by atoms with Gasteiger partial charge in [-0.15, -0.1) is 0 Å². The molecule has 0 heterocycles. The van der Waals surface area contributed by atoms with Gasteiger partial charge in [0.05, 0.1) is 5.69 Å². The Bertz CT molecular complexity index is 427. The van der Waals surface area contributed by atoms with Gasteiger partial charge in [-0.25, -0.2) is 4.79 Å². The normalized spacial score (nSPS) is 9.47. The van der Waals surface area contributed by atoms with Crippen molar-refractivity contribution in [2.24, 2.45) is 0 Å². The van der Waals surface area contributed by atoms with Crippen LogP contribution in [0.15, 0.2) is 42.5 Å². The maximum absolute atomic E-state index is 11.4. The molecule has 0 radical (unpaired) electrons. The SMILES string of the molecule is C=C(C)C(=O)ON(CC(=O)O)c1ccccc1. The summed E-state index contributed by atoms with van der Waals surface area (Å²) in [6.45, 7) is 4.50. The largest absolute Gasteiger partial charge is 0.480 e. The Hall–Kier alpha value is -2.30. The van der Waals surface area contributed by atoms with Gasteiger partial charge in [-0.1, -0.05) is 24.8 Å². The lowest BCUT2D eigenvalue weighted by Crippen LogP contribution is -2.32. The first kappa shape index (κ1) is 12.8. The van der Waals surface area contributed by atoms with Gasteiger partial charge in [-0.3, -0.25) is 4.79 Å². The average molecular weight is 235 g/mol. The molecule has 1 aromatic rings. The summed E-state index contributed by atoms with van der Waals surface area (Å²) < 4.78 is 0. The van der Waals surface area contributed by atoms with Crippen molar-refractivity contribution in [3.63, 3.8) is 0 Å². The molecule has 0 aliphatic carbocycles. The minimum absolute atomic E-state index is 0.205. The van der Waals surface area contributed by atoms with Crippen LogP contribution in [0, 0.1) is 0 Å². The number of benzene rings is 1. The summed E-state index contributed by atoms with van der Waals surface area (Å²) in [5.74, 6) is -1.75. The molecule has 5 nitrogen and oxygen atoms in total. The van der Waals surface area contributed by atoms with Crippen LogP contribution in [0.3, 0.4) is 0 Å². The highest BCUT2D eigenvalue weighted by molar-refractivity contribution is 5.88. The molecule has 0 unspecified atom stereocenters. The molecule has 0 aliphatic heterocycles. The second-order valence-corrected chi connectivity index (χ2v) is 3.42. The first-order chi connectivity index (χ1) is 8.00. The molecule has 0 saturated carbocycles. The third-order valence-electron chi connectivity index (χ3n) is 1.86. The van der Waals surface area contributed by atoms with Crippen molar-refractivity contribution in [1.29, 1.82) is 0 Å². The third-order valence-corrected chi connectivity index (χ3v) is 1.86. The second kappa shape index (κ2) is 5.69. The number of nitrogens with zero attached hydrogens (tertiary/aromatic N) is 1. The number of hydrogen-bond donors (Lipinski definition) is 1. The van der Waals surface area contributed by atoms with E-state index in [1.165, 1.54) is 6.92 Å². The lowest BCUT2D eigenvalue weighted by atomic mass is 10.3. The second-order valence-electron chi connectivity index (χ2n) is 3.42. The van der Waals surface area contributed by atoms with E-state index in [1.807, 2.05) is 0 Å². The van der Waals surface area contributed by atoms with E-state index in [0.717, 1.165) is 5.06 Å². The van der Waals surface area contributed by atoms with Crippen LogP contribution in [-0.2, 0) is 14.4 Å². The molecule has 0 bridgehead atoms. The van der Waals surface area contributed by atoms with Crippen LogP contribution in [0.4, 0.5) is 5.69 Å². The number of carboxylic acid groups (broad SMARTS) is 1. The zero-order valence-corrected chi connectivity index (χ0v) is 9.42. The average Bonchev–Trinajstić information content (AvgIpc) is 2.28. The molecule has 0 fully saturated rings. The van der Waals surface area contributed by atoms with Crippen molar-refractivity contribution < 1.29 is 19.5 Å². The number of para-hydroxylation sites is 1. The fourth-order valence-electron chi connectivity index (χ4n) is 1.07. The van der Waals surface area contributed by atoms with Gasteiger partial charge in [0.15, 0.2) is 6.54 Å². The van der Waals surface area contributed by atoms with E-state index in [2.05, 4.69) is 6.58 Å². The van der Waals surface area contributed by atoms with Crippen molar-refractivity contribution in [2.45, 2.75) is 6.92 Å². The minimum atomic E-state index is -1.09. The van der Waals surface area contributed by atoms with E-state index in [9.17, 15) is 9.59 Å². The smallest absolute Gasteiger partial charge is 0.358 e. The van der Waals surface area contributed by atoms with E-state index in [4.69, 9.17) is 9.94 Å². The summed E-state index contributed by atoms with van der Waals surface area (Å²) in [6, 6.07) is 8.52. The van der Waals surface area contributed by atoms with Gasteiger partial charge in [0.2, 0.25) is 0 Å². The first-order valence-electron chi connectivity index (χ1n) is 4.93. The van der Waals surface area contributed by atoms with Gasteiger partial charge >= 0.3 is 11.9 Å². The van der Waals surface area contributed by atoms with Gasteiger partial charge in [0, 0.05) is 5.57 Å². The molecule has 1 rings (SSSR count). The number of carbonyl (C=O) groups is 2. The Morgan fingerprint density at radius 2 is 1.94 bits per heavy atom. The van der Waals surface area contributed by atoms with Crippen LogP contribution >= 0.6 is 0 Å². The molecule has 1 N–H and O–H groups in total. The lowest BCUT2D eigenvalue weighted by Gasteiger charge is -2.21. The highest BCUT2D eigenvalue weighted by Crippen LogP contribution is 2.14. The molecule has 0 saturated heterocycles. The molecule has 5 heteroatoms. The molecular formula is C12H13NO4. The van der Waals surface area contributed by atoms with Crippen LogP contribution in [0.2, 0.25) is 0 Å². The van der Waals surface area contributed by atoms with Gasteiger partial charge in [0.1, 0.15) is 0 Å². The van der Waals surface area contributed by atoms with Crippen LogP contribution in [0.25, 0.3) is 0 Å². The van der Waals surface area contributed by atoms with Gasteiger partial charge < -0.3 is 9.94 Å². The van der Waals surface area contributed by atoms with Crippen molar-refractivity contribution in [3.8, 4) is 0 Å². The lowest BCUT2D eigenvalue weighted by molar-refractivity contribution is -0.143. The summed E-state index contributed by atoms with van der Waals surface area (Å²) in [4.78, 5) is 27.0. The highest BCUT2D eigenvalue weighted by atomic mass is 16.7.